The lowest BCUT2D eigenvalue weighted by atomic mass is 9.86. The van der Waals surface area contributed by atoms with E-state index in [9.17, 15) is 4.79 Å². The van der Waals surface area contributed by atoms with Crippen LogP contribution in [0.3, 0.4) is 0 Å². The van der Waals surface area contributed by atoms with Gasteiger partial charge in [0, 0.05) is 12.3 Å². The van der Waals surface area contributed by atoms with Gasteiger partial charge < -0.3 is 0 Å². The minimum Gasteiger partial charge on any atom is -0.299 e. The molecule has 13 heavy (non-hydrogen) atoms. The molecule has 0 radical (unpaired) electrons. The zero-order chi connectivity index (χ0) is 9.68. The summed E-state index contributed by atoms with van der Waals surface area (Å²) in [6, 6.07) is 0. The summed E-state index contributed by atoms with van der Waals surface area (Å²) in [7, 11) is 0. The van der Waals surface area contributed by atoms with Crippen molar-refractivity contribution in [3.8, 4) is 0 Å². The third kappa shape index (κ3) is 3.17. The van der Waals surface area contributed by atoms with E-state index in [4.69, 9.17) is 0 Å². The molecule has 1 heteroatoms. The molecule has 0 aromatic rings. The Morgan fingerprint density at radius 1 is 1.77 bits per heavy atom. The molecule has 0 aromatic carbocycles. The van der Waals surface area contributed by atoms with E-state index in [1.54, 1.807) is 0 Å². The Hall–Kier alpha value is -0.850. The maximum absolute atomic E-state index is 11.6. The Kier molecular flexibility index (Phi) is 3.94. The van der Waals surface area contributed by atoms with Gasteiger partial charge in [-0.2, -0.15) is 0 Å². The van der Waals surface area contributed by atoms with Gasteiger partial charge in [0.15, 0.2) is 0 Å². The lowest BCUT2D eigenvalue weighted by Crippen LogP contribution is -2.16. The Morgan fingerprint density at radius 3 is 3.08 bits per heavy atom. The lowest BCUT2D eigenvalue weighted by Gasteiger charge is -2.18. The van der Waals surface area contributed by atoms with E-state index in [-0.39, 0.29) is 0 Å². The van der Waals surface area contributed by atoms with Crippen molar-refractivity contribution < 1.29 is 4.79 Å². The number of Topliss-reactive ketones (excluding diaryl/α,β-unsaturated/α-hetero) is 1. The van der Waals surface area contributed by atoms with E-state index in [1.807, 2.05) is 6.08 Å². The van der Waals surface area contributed by atoms with Crippen molar-refractivity contribution >= 4 is 5.78 Å². The maximum Gasteiger partial charge on any atom is 0.136 e. The molecule has 0 aliphatic heterocycles. The minimum absolute atomic E-state index is 0.295. The van der Waals surface area contributed by atoms with Crippen molar-refractivity contribution in [2.45, 2.75) is 39.0 Å². The molecule has 1 rings (SSSR count). The third-order valence-corrected chi connectivity index (χ3v) is 2.69. The first-order valence-electron chi connectivity index (χ1n) is 5.03. The molecule has 1 nitrogen and oxygen atoms in total. The van der Waals surface area contributed by atoms with Gasteiger partial charge in [-0.1, -0.05) is 17.7 Å². The summed E-state index contributed by atoms with van der Waals surface area (Å²) in [6.07, 6.45) is 8.66. The molecule has 1 unspecified atom stereocenters. The molecule has 1 aliphatic rings. The normalized spacial score (nSPS) is 22.2. The fourth-order valence-corrected chi connectivity index (χ4v) is 1.71. The molecule has 0 saturated heterocycles. The molecule has 72 valence electrons. The second-order valence-corrected chi connectivity index (χ2v) is 3.82. The van der Waals surface area contributed by atoms with E-state index in [2.05, 4.69) is 19.6 Å². The van der Waals surface area contributed by atoms with Crippen LogP contribution in [0.15, 0.2) is 24.3 Å². The number of carbonyl (C=O) groups excluding carboxylic acids is 1. The number of hydrogen-bond acceptors (Lipinski definition) is 1. The summed E-state index contributed by atoms with van der Waals surface area (Å²) in [4.78, 5) is 11.6. The second kappa shape index (κ2) is 5.00. The summed E-state index contributed by atoms with van der Waals surface area (Å²) >= 11 is 0. The van der Waals surface area contributed by atoms with Crippen molar-refractivity contribution in [3.63, 3.8) is 0 Å². The highest BCUT2D eigenvalue weighted by molar-refractivity contribution is 5.81. The predicted octanol–water partition coefficient (Wildman–Crippen LogP) is 3.27. The van der Waals surface area contributed by atoms with Gasteiger partial charge >= 0.3 is 0 Å². The zero-order valence-corrected chi connectivity index (χ0v) is 8.38. The van der Waals surface area contributed by atoms with Gasteiger partial charge in [-0.25, -0.2) is 0 Å². The summed E-state index contributed by atoms with van der Waals surface area (Å²) in [5.74, 6) is 0.715. The van der Waals surface area contributed by atoms with Gasteiger partial charge in [-0.15, -0.1) is 6.58 Å². The molecule has 0 bridgehead atoms. The quantitative estimate of drug-likeness (QED) is 0.604. The summed E-state index contributed by atoms with van der Waals surface area (Å²) in [5, 5.41) is 0. The first kappa shape index (κ1) is 10.2. The molecule has 1 atom stereocenters. The van der Waals surface area contributed by atoms with Crippen LogP contribution in [0.2, 0.25) is 0 Å². The second-order valence-electron chi connectivity index (χ2n) is 3.82. The monoisotopic (exact) mass is 178 g/mol. The van der Waals surface area contributed by atoms with Crippen molar-refractivity contribution in [2.75, 3.05) is 0 Å². The highest BCUT2D eigenvalue weighted by atomic mass is 16.1. The Balaban J connectivity index is 2.36. The first-order valence-corrected chi connectivity index (χ1v) is 5.03. The van der Waals surface area contributed by atoms with Gasteiger partial charge in [0.2, 0.25) is 0 Å². The Bertz CT molecular complexity index is 225. The number of allylic oxidation sites excluding steroid dienone is 3. The van der Waals surface area contributed by atoms with E-state index < -0.39 is 0 Å². The average molecular weight is 178 g/mol. The van der Waals surface area contributed by atoms with Gasteiger partial charge in [-0.05, 0) is 32.6 Å². The summed E-state index contributed by atoms with van der Waals surface area (Å²) in [6.45, 7) is 5.77. The molecule has 1 aliphatic carbocycles. The van der Waals surface area contributed by atoms with Gasteiger partial charge in [-0.3, -0.25) is 4.79 Å². The number of ketones is 1. The zero-order valence-electron chi connectivity index (χ0n) is 8.38. The molecule has 0 saturated carbocycles. The van der Waals surface area contributed by atoms with E-state index in [0.717, 1.165) is 25.7 Å². The van der Waals surface area contributed by atoms with Crippen molar-refractivity contribution in [1.82, 2.24) is 0 Å². The maximum atomic E-state index is 11.6. The molecule has 0 aromatic heterocycles. The molecule has 0 fully saturated rings. The fourth-order valence-electron chi connectivity index (χ4n) is 1.71. The minimum atomic E-state index is 0.295. The molecular weight excluding hydrogens is 160 g/mol. The van der Waals surface area contributed by atoms with Crippen molar-refractivity contribution in [2.24, 2.45) is 5.92 Å². The topological polar surface area (TPSA) is 17.1 Å². The van der Waals surface area contributed by atoms with Gasteiger partial charge in [0.05, 0.1) is 0 Å². The molecule has 0 heterocycles. The predicted molar refractivity (Wildman–Crippen MR) is 55.5 cm³/mol. The van der Waals surface area contributed by atoms with Crippen LogP contribution in [0.4, 0.5) is 0 Å². The standard InChI is InChI=1S/C12H18O/c1-3-4-5-12(13)11-8-6-10(2)7-9-11/h3,6,11H,1,4-5,7-9H2,2H3. The van der Waals surface area contributed by atoms with Crippen LogP contribution in [0.5, 0.6) is 0 Å². The summed E-state index contributed by atoms with van der Waals surface area (Å²) < 4.78 is 0. The van der Waals surface area contributed by atoms with E-state index in [1.165, 1.54) is 5.57 Å². The number of rotatable bonds is 4. The smallest absolute Gasteiger partial charge is 0.136 e. The lowest BCUT2D eigenvalue weighted by molar-refractivity contribution is -0.123. The fraction of sp³-hybridized carbons (Fsp3) is 0.583. The van der Waals surface area contributed by atoms with Crippen LogP contribution < -0.4 is 0 Å². The van der Waals surface area contributed by atoms with Crippen molar-refractivity contribution in [3.05, 3.63) is 24.3 Å². The average Bonchev–Trinajstić information content (AvgIpc) is 2.15. The molecule has 0 amide bonds. The van der Waals surface area contributed by atoms with Crippen LogP contribution in [0, 0.1) is 5.92 Å². The van der Waals surface area contributed by atoms with E-state index >= 15 is 0 Å². The van der Waals surface area contributed by atoms with E-state index in [0.29, 0.717) is 18.1 Å². The number of carbonyl (C=O) groups is 1. The van der Waals surface area contributed by atoms with Crippen LogP contribution in [0.1, 0.15) is 39.0 Å². The summed E-state index contributed by atoms with van der Waals surface area (Å²) in [5.41, 5.74) is 1.44. The molecular formula is C12H18O. The van der Waals surface area contributed by atoms with Crippen LogP contribution >= 0.6 is 0 Å². The Labute approximate surface area is 80.5 Å². The van der Waals surface area contributed by atoms with Crippen LogP contribution in [-0.2, 0) is 4.79 Å². The largest absolute Gasteiger partial charge is 0.299 e. The highest BCUT2D eigenvalue weighted by Crippen LogP contribution is 2.24. The van der Waals surface area contributed by atoms with Gasteiger partial charge in [0.25, 0.3) is 0 Å². The highest BCUT2D eigenvalue weighted by Gasteiger charge is 2.18. The third-order valence-electron chi connectivity index (χ3n) is 2.69. The van der Waals surface area contributed by atoms with Crippen molar-refractivity contribution in [1.29, 1.82) is 0 Å². The van der Waals surface area contributed by atoms with Crippen LogP contribution in [-0.4, -0.2) is 5.78 Å². The Morgan fingerprint density at radius 2 is 2.54 bits per heavy atom. The molecule has 0 N–H and O–H groups in total. The van der Waals surface area contributed by atoms with Crippen LogP contribution in [0.25, 0.3) is 0 Å². The number of hydrogen-bond donors (Lipinski definition) is 0. The SMILES string of the molecule is C=CCCC(=O)C1CC=C(C)CC1. The molecule has 0 spiro atoms. The first-order chi connectivity index (χ1) is 6.24. The van der Waals surface area contributed by atoms with Gasteiger partial charge in [0.1, 0.15) is 5.78 Å².